The van der Waals surface area contributed by atoms with E-state index in [1.165, 1.54) is 11.3 Å². The van der Waals surface area contributed by atoms with E-state index in [2.05, 4.69) is 10.3 Å². The molecular weight excluding hydrogens is 402 g/mol. The van der Waals surface area contributed by atoms with Gasteiger partial charge in [0, 0.05) is 17.5 Å². The molecule has 1 aliphatic rings. The second kappa shape index (κ2) is 9.15. The predicted molar refractivity (Wildman–Crippen MR) is 116 cm³/mol. The molecule has 1 N–H and O–H groups in total. The zero-order valence-corrected chi connectivity index (χ0v) is 17.7. The van der Waals surface area contributed by atoms with Crippen LogP contribution >= 0.6 is 11.3 Å². The standard InChI is InChI=1S/C22H23N3O4S/c1-25(12-15-3-8-19-20(11-15)29-10-9-28-19)13-21(26)24-22-23-18(14-30-22)16-4-6-17(27-2)7-5-16/h3-8,11,14H,9-10,12-13H2,1-2H3,(H,23,24,26). The van der Waals surface area contributed by atoms with Crippen molar-refractivity contribution >= 4 is 22.4 Å². The highest BCUT2D eigenvalue weighted by Gasteiger charge is 2.14. The molecule has 0 fully saturated rings. The fourth-order valence-electron chi connectivity index (χ4n) is 3.18. The van der Waals surface area contributed by atoms with Gasteiger partial charge in [0.1, 0.15) is 19.0 Å². The number of benzene rings is 2. The molecule has 0 aliphatic carbocycles. The first-order chi connectivity index (χ1) is 14.6. The van der Waals surface area contributed by atoms with E-state index in [0.717, 1.165) is 34.1 Å². The maximum atomic E-state index is 12.4. The van der Waals surface area contributed by atoms with Crippen LogP contribution in [0.3, 0.4) is 0 Å². The molecule has 30 heavy (non-hydrogen) atoms. The minimum Gasteiger partial charge on any atom is -0.497 e. The third-order valence-electron chi connectivity index (χ3n) is 4.61. The molecule has 2 aromatic carbocycles. The van der Waals surface area contributed by atoms with Gasteiger partial charge in [0.2, 0.25) is 5.91 Å². The number of likely N-dealkylation sites (N-methyl/N-ethyl adjacent to an activating group) is 1. The number of methoxy groups -OCH3 is 1. The van der Waals surface area contributed by atoms with Crippen molar-refractivity contribution < 1.29 is 19.0 Å². The topological polar surface area (TPSA) is 72.9 Å². The van der Waals surface area contributed by atoms with Crippen LogP contribution in [-0.2, 0) is 11.3 Å². The summed E-state index contributed by atoms with van der Waals surface area (Å²) in [5, 5.41) is 5.39. The summed E-state index contributed by atoms with van der Waals surface area (Å²) in [7, 11) is 3.54. The SMILES string of the molecule is COc1ccc(-c2csc(NC(=O)CN(C)Cc3ccc4c(c3)OCCO4)n2)cc1. The van der Waals surface area contributed by atoms with Gasteiger partial charge < -0.3 is 19.5 Å². The molecule has 8 heteroatoms. The number of rotatable bonds is 7. The smallest absolute Gasteiger partial charge is 0.240 e. The Kier molecular flexibility index (Phi) is 6.15. The zero-order chi connectivity index (χ0) is 20.9. The summed E-state index contributed by atoms with van der Waals surface area (Å²) in [4.78, 5) is 18.9. The maximum Gasteiger partial charge on any atom is 0.240 e. The van der Waals surface area contributed by atoms with Crippen molar-refractivity contribution in [2.24, 2.45) is 0 Å². The van der Waals surface area contributed by atoms with Crippen LogP contribution < -0.4 is 19.5 Å². The number of nitrogens with one attached hydrogen (secondary N) is 1. The van der Waals surface area contributed by atoms with Gasteiger partial charge in [-0.05, 0) is 49.0 Å². The number of anilines is 1. The molecule has 4 rings (SSSR count). The first-order valence-electron chi connectivity index (χ1n) is 9.57. The second-order valence-corrected chi connectivity index (χ2v) is 7.82. The number of nitrogens with zero attached hydrogens (tertiary/aromatic N) is 2. The first kappa shape index (κ1) is 20.2. The molecule has 1 amide bonds. The van der Waals surface area contributed by atoms with Gasteiger partial charge in [-0.1, -0.05) is 6.07 Å². The normalized spacial score (nSPS) is 12.6. The quantitative estimate of drug-likeness (QED) is 0.623. The Morgan fingerprint density at radius 3 is 2.70 bits per heavy atom. The predicted octanol–water partition coefficient (Wildman–Crippen LogP) is 3.66. The van der Waals surface area contributed by atoms with Gasteiger partial charge in [0.25, 0.3) is 0 Å². The summed E-state index contributed by atoms with van der Waals surface area (Å²) in [5.74, 6) is 2.21. The van der Waals surface area contributed by atoms with E-state index in [1.54, 1.807) is 7.11 Å². The highest BCUT2D eigenvalue weighted by molar-refractivity contribution is 7.14. The summed E-state index contributed by atoms with van der Waals surface area (Å²) in [6.45, 7) is 2.01. The molecule has 0 unspecified atom stereocenters. The molecule has 0 radical (unpaired) electrons. The molecule has 156 valence electrons. The average Bonchev–Trinajstić information content (AvgIpc) is 3.21. The van der Waals surface area contributed by atoms with Crippen LogP contribution in [0.5, 0.6) is 17.2 Å². The Labute approximate surface area is 179 Å². The van der Waals surface area contributed by atoms with Crippen LogP contribution in [0.2, 0.25) is 0 Å². The molecule has 0 saturated heterocycles. The molecule has 7 nitrogen and oxygen atoms in total. The highest BCUT2D eigenvalue weighted by Crippen LogP contribution is 2.31. The molecule has 2 heterocycles. The molecule has 0 bridgehead atoms. The molecule has 3 aromatic rings. The summed E-state index contributed by atoms with van der Waals surface area (Å²) in [5.41, 5.74) is 2.86. The molecule has 0 spiro atoms. The number of hydrogen-bond acceptors (Lipinski definition) is 7. The molecule has 1 aliphatic heterocycles. The number of amides is 1. The van der Waals surface area contributed by atoms with Crippen molar-refractivity contribution in [3.8, 4) is 28.5 Å². The minimum atomic E-state index is -0.106. The molecular formula is C22H23N3O4S. The summed E-state index contributed by atoms with van der Waals surface area (Å²) in [6.07, 6.45) is 0. The summed E-state index contributed by atoms with van der Waals surface area (Å²) < 4.78 is 16.3. The van der Waals surface area contributed by atoms with Crippen molar-refractivity contribution in [2.75, 3.05) is 39.2 Å². The van der Waals surface area contributed by atoms with Crippen molar-refractivity contribution in [1.29, 1.82) is 0 Å². The van der Waals surface area contributed by atoms with E-state index < -0.39 is 0 Å². The number of fused-ring (bicyclic) bond motifs is 1. The Balaban J connectivity index is 1.31. The number of hydrogen-bond donors (Lipinski definition) is 1. The number of thiazole rings is 1. The Bertz CT molecular complexity index is 1020. The van der Waals surface area contributed by atoms with Gasteiger partial charge in [-0.2, -0.15) is 0 Å². The van der Waals surface area contributed by atoms with Crippen LogP contribution in [0.25, 0.3) is 11.3 Å². The van der Waals surface area contributed by atoms with E-state index in [1.807, 2.05) is 59.8 Å². The first-order valence-corrected chi connectivity index (χ1v) is 10.5. The van der Waals surface area contributed by atoms with Crippen LogP contribution in [0.15, 0.2) is 47.8 Å². The lowest BCUT2D eigenvalue weighted by atomic mass is 10.2. The van der Waals surface area contributed by atoms with Crippen LogP contribution in [0.1, 0.15) is 5.56 Å². The van der Waals surface area contributed by atoms with E-state index in [0.29, 0.717) is 24.9 Å². The molecule has 0 atom stereocenters. The summed E-state index contributed by atoms with van der Waals surface area (Å²) >= 11 is 1.41. The van der Waals surface area contributed by atoms with E-state index >= 15 is 0 Å². The van der Waals surface area contributed by atoms with Crippen molar-refractivity contribution in [1.82, 2.24) is 9.88 Å². The van der Waals surface area contributed by atoms with Gasteiger partial charge in [-0.15, -0.1) is 11.3 Å². The lowest BCUT2D eigenvalue weighted by Gasteiger charge is -2.20. The third kappa shape index (κ3) is 4.90. The van der Waals surface area contributed by atoms with Gasteiger partial charge in [-0.25, -0.2) is 4.98 Å². The average molecular weight is 426 g/mol. The number of carbonyl (C=O) groups is 1. The fraction of sp³-hybridized carbons (Fsp3) is 0.273. The largest absolute Gasteiger partial charge is 0.497 e. The highest BCUT2D eigenvalue weighted by atomic mass is 32.1. The van der Waals surface area contributed by atoms with Gasteiger partial charge in [0.15, 0.2) is 16.6 Å². The molecule has 1 aromatic heterocycles. The molecule has 0 saturated carbocycles. The Morgan fingerprint density at radius 2 is 1.93 bits per heavy atom. The van der Waals surface area contributed by atoms with E-state index in [9.17, 15) is 4.79 Å². The van der Waals surface area contributed by atoms with Gasteiger partial charge in [0.05, 0.1) is 19.3 Å². The lowest BCUT2D eigenvalue weighted by Crippen LogP contribution is -2.29. The monoisotopic (exact) mass is 425 g/mol. The minimum absolute atomic E-state index is 0.106. The Hall–Kier alpha value is -3.10. The van der Waals surface area contributed by atoms with E-state index in [-0.39, 0.29) is 12.5 Å². The number of carbonyl (C=O) groups excluding carboxylic acids is 1. The number of aromatic nitrogens is 1. The third-order valence-corrected chi connectivity index (χ3v) is 5.37. The maximum absolute atomic E-state index is 12.4. The van der Waals surface area contributed by atoms with Crippen molar-refractivity contribution in [2.45, 2.75) is 6.54 Å². The van der Waals surface area contributed by atoms with Crippen molar-refractivity contribution in [3.05, 3.63) is 53.4 Å². The van der Waals surface area contributed by atoms with E-state index in [4.69, 9.17) is 14.2 Å². The van der Waals surface area contributed by atoms with Crippen LogP contribution in [0, 0.1) is 0 Å². The zero-order valence-electron chi connectivity index (χ0n) is 16.9. The lowest BCUT2D eigenvalue weighted by molar-refractivity contribution is -0.117. The summed E-state index contributed by atoms with van der Waals surface area (Å²) in [6, 6.07) is 13.5. The second-order valence-electron chi connectivity index (χ2n) is 6.96. The van der Waals surface area contributed by atoms with Crippen LogP contribution in [0.4, 0.5) is 5.13 Å². The van der Waals surface area contributed by atoms with Crippen molar-refractivity contribution in [3.63, 3.8) is 0 Å². The Morgan fingerprint density at radius 1 is 1.17 bits per heavy atom. The van der Waals surface area contributed by atoms with Crippen LogP contribution in [-0.4, -0.2) is 49.7 Å². The number of ether oxygens (including phenoxy) is 3. The van der Waals surface area contributed by atoms with Gasteiger partial charge in [-0.3, -0.25) is 9.69 Å². The van der Waals surface area contributed by atoms with Gasteiger partial charge >= 0.3 is 0 Å². The fourth-order valence-corrected chi connectivity index (χ4v) is 3.92.